The molecule has 1 heterocycles. The molecule has 0 bridgehead atoms. The van der Waals surface area contributed by atoms with Crippen molar-refractivity contribution in [1.82, 2.24) is 0 Å². The van der Waals surface area contributed by atoms with Gasteiger partial charge in [-0.05, 0) is 84.9 Å². The SMILES string of the molecule is CC(=O)Oc1ccc(Sc2cc3c(cc2Sc2ccc(OC(C)=O)cc2)C(=O)N(c2ccc(C(=O)O)cc2)C3=O)cc1. The number of amides is 2. The van der Waals surface area contributed by atoms with Crippen LogP contribution in [0.1, 0.15) is 44.9 Å². The number of esters is 2. The van der Waals surface area contributed by atoms with Crippen molar-refractivity contribution in [2.75, 3.05) is 4.90 Å². The molecule has 0 spiro atoms. The van der Waals surface area contributed by atoms with Gasteiger partial charge < -0.3 is 14.6 Å². The van der Waals surface area contributed by atoms with Crippen LogP contribution in [0.5, 0.6) is 11.5 Å². The zero-order valence-corrected chi connectivity index (χ0v) is 23.8. The van der Waals surface area contributed by atoms with Crippen LogP contribution in [-0.4, -0.2) is 34.8 Å². The number of carbonyl (C=O) groups is 5. The molecule has 4 aromatic carbocycles. The summed E-state index contributed by atoms with van der Waals surface area (Å²) < 4.78 is 10.2. The van der Waals surface area contributed by atoms with E-state index in [0.717, 1.165) is 14.7 Å². The van der Waals surface area contributed by atoms with Crippen LogP contribution < -0.4 is 14.4 Å². The Balaban J connectivity index is 1.51. The van der Waals surface area contributed by atoms with Gasteiger partial charge in [-0.3, -0.25) is 19.2 Å². The Morgan fingerprint density at radius 3 is 1.40 bits per heavy atom. The third-order valence-electron chi connectivity index (χ3n) is 5.95. The van der Waals surface area contributed by atoms with Crippen molar-refractivity contribution in [3.63, 3.8) is 0 Å². The van der Waals surface area contributed by atoms with E-state index in [4.69, 9.17) is 9.47 Å². The summed E-state index contributed by atoms with van der Waals surface area (Å²) in [6.45, 7) is 2.63. The molecule has 0 atom stereocenters. The van der Waals surface area contributed by atoms with Gasteiger partial charge >= 0.3 is 17.9 Å². The monoisotopic (exact) mass is 599 g/mol. The van der Waals surface area contributed by atoms with E-state index in [2.05, 4.69) is 0 Å². The number of fused-ring (bicyclic) bond motifs is 1. The first kappa shape index (κ1) is 28.7. The largest absolute Gasteiger partial charge is 0.478 e. The fraction of sp³-hybridized carbons (Fsp3) is 0.0645. The number of ether oxygens (including phenoxy) is 2. The molecule has 0 radical (unpaired) electrons. The van der Waals surface area contributed by atoms with Crippen LogP contribution in [0.4, 0.5) is 5.69 Å². The lowest BCUT2D eigenvalue weighted by atomic mass is 10.1. The number of carbonyl (C=O) groups excluding carboxylic acids is 4. The van der Waals surface area contributed by atoms with Crippen LogP contribution in [0, 0.1) is 0 Å². The average molecular weight is 600 g/mol. The van der Waals surface area contributed by atoms with Crippen molar-refractivity contribution in [3.05, 3.63) is 102 Å². The van der Waals surface area contributed by atoms with E-state index in [1.807, 2.05) is 0 Å². The van der Waals surface area contributed by atoms with E-state index in [1.54, 1.807) is 60.7 Å². The molecule has 1 N–H and O–H groups in total. The van der Waals surface area contributed by atoms with Crippen molar-refractivity contribution < 1.29 is 38.6 Å². The summed E-state index contributed by atoms with van der Waals surface area (Å²) in [6, 6.07) is 22.6. The summed E-state index contributed by atoms with van der Waals surface area (Å²) in [7, 11) is 0. The minimum atomic E-state index is -1.12. The Morgan fingerprint density at radius 2 is 1.05 bits per heavy atom. The fourth-order valence-corrected chi connectivity index (χ4v) is 6.11. The van der Waals surface area contributed by atoms with Gasteiger partial charge in [0.15, 0.2) is 0 Å². The van der Waals surface area contributed by atoms with Gasteiger partial charge in [0.05, 0.1) is 22.4 Å². The standard InChI is InChI=1S/C31H21NO8S2/c1-17(33)39-21-7-11-23(12-8-21)41-27-15-25-26(16-28(27)42-24-13-9-22(10-14-24)40-18(2)34)30(36)32(29(25)35)20-5-3-19(4-6-20)31(37)38/h3-16H,1-2H3,(H,37,38). The fourth-order valence-electron chi connectivity index (χ4n) is 4.13. The molecule has 5 rings (SSSR count). The zero-order valence-electron chi connectivity index (χ0n) is 22.2. The van der Waals surface area contributed by atoms with Crippen LogP contribution >= 0.6 is 23.5 Å². The quantitative estimate of drug-likeness (QED) is 0.139. The van der Waals surface area contributed by atoms with Crippen molar-refractivity contribution >= 4 is 58.9 Å². The maximum absolute atomic E-state index is 13.5. The number of imide groups is 1. The molecule has 0 unspecified atom stereocenters. The van der Waals surface area contributed by atoms with E-state index in [9.17, 15) is 29.1 Å². The highest BCUT2D eigenvalue weighted by atomic mass is 32.2. The molecule has 1 aliphatic heterocycles. The third kappa shape index (κ3) is 6.22. The molecule has 4 aromatic rings. The molecule has 0 aromatic heterocycles. The van der Waals surface area contributed by atoms with Crippen molar-refractivity contribution in [3.8, 4) is 11.5 Å². The first-order valence-electron chi connectivity index (χ1n) is 12.4. The molecule has 210 valence electrons. The summed E-state index contributed by atoms with van der Waals surface area (Å²) in [6.07, 6.45) is 0. The smallest absolute Gasteiger partial charge is 0.335 e. The Kier molecular flexibility index (Phi) is 8.14. The lowest BCUT2D eigenvalue weighted by Gasteiger charge is -2.13. The molecule has 0 saturated heterocycles. The number of aromatic carboxylic acids is 1. The molecular formula is C31H21NO8S2. The van der Waals surface area contributed by atoms with E-state index in [1.165, 1.54) is 61.6 Å². The number of hydrogen-bond donors (Lipinski definition) is 1. The predicted molar refractivity (Wildman–Crippen MR) is 155 cm³/mol. The summed E-state index contributed by atoms with van der Waals surface area (Å²) in [5.74, 6) is -2.23. The van der Waals surface area contributed by atoms with Crippen LogP contribution in [0.2, 0.25) is 0 Å². The summed E-state index contributed by atoms with van der Waals surface area (Å²) in [5.41, 5.74) is 0.732. The third-order valence-corrected chi connectivity index (χ3v) is 8.21. The molecule has 42 heavy (non-hydrogen) atoms. The Bertz CT molecular complexity index is 1630. The maximum Gasteiger partial charge on any atom is 0.335 e. The first-order valence-corrected chi connectivity index (χ1v) is 14.0. The number of benzene rings is 4. The van der Waals surface area contributed by atoms with Gasteiger partial charge in [-0.1, -0.05) is 23.5 Å². The van der Waals surface area contributed by atoms with Gasteiger partial charge in [0.2, 0.25) is 0 Å². The first-order chi connectivity index (χ1) is 20.1. The second-order valence-electron chi connectivity index (χ2n) is 8.98. The van der Waals surface area contributed by atoms with E-state index in [-0.39, 0.29) is 22.4 Å². The van der Waals surface area contributed by atoms with Gasteiger partial charge in [0.25, 0.3) is 11.8 Å². The van der Waals surface area contributed by atoms with Crippen molar-refractivity contribution in [1.29, 1.82) is 0 Å². The van der Waals surface area contributed by atoms with Gasteiger partial charge in [0.1, 0.15) is 11.5 Å². The Morgan fingerprint density at radius 1 is 0.643 bits per heavy atom. The van der Waals surface area contributed by atoms with Gasteiger partial charge in [-0.25, -0.2) is 9.69 Å². The average Bonchev–Trinajstić information content (AvgIpc) is 3.19. The summed E-state index contributed by atoms with van der Waals surface area (Å²) in [5, 5.41) is 9.20. The minimum Gasteiger partial charge on any atom is -0.478 e. The number of carboxylic acids is 1. The number of carboxylic acid groups (broad SMARTS) is 1. The van der Waals surface area contributed by atoms with Gasteiger partial charge in [-0.15, -0.1) is 0 Å². The number of anilines is 1. The lowest BCUT2D eigenvalue weighted by Crippen LogP contribution is -2.29. The minimum absolute atomic E-state index is 0.0344. The highest BCUT2D eigenvalue weighted by Crippen LogP contribution is 2.43. The number of hydrogen-bond acceptors (Lipinski definition) is 9. The molecule has 0 fully saturated rings. The second-order valence-corrected chi connectivity index (χ2v) is 11.2. The number of nitrogens with zero attached hydrogens (tertiary/aromatic N) is 1. The molecule has 11 heteroatoms. The van der Waals surface area contributed by atoms with Gasteiger partial charge in [-0.2, -0.15) is 0 Å². The van der Waals surface area contributed by atoms with Crippen molar-refractivity contribution in [2.24, 2.45) is 0 Å². The van der Waals surface area contributed by atoms with Crippen molar-refractivity contribution in [2.45, 2.75) is 33.4 Å². The Hall–Kier alpha value is -4.87. The topological polar surface area (TPSA) is 127 Å². The zero-order chi connectivity index (χ0) is 30.0. The molecule has 0 saturated carbocycles. The molecule has 1 aliphatic rings. The Labute approximate surface area is 248 Å². The van der Waals surface area contributed by atoms with Crippen LogP contribution in [0.15, 0.2) is 105 Å². The second kappa shape index (κ2) is 11.9. The van der Waals surface area contributed by atoms with E-state index in [0.29, 0.717) is 21.3 Å². The van der Waals surface area contributed by atoms with Crippen LogP contribution in [0.3, 0.4) is 0 Å². The molecular weight excluding hydrogens is 578 g/mol. The summed E-state index contributed by atoms with van der Waals surface area (Å²) >= 11 is 2.73. The normalized spacial score (nSPS) is 12.2. The van der Waals surface area contributed by atoms with Crippen LogP contribution in [0.25, 0.3) is 0 Å². The molecule has 0 aliphatic carbocycles. The highest BCUT2D eigenvalue weighted by molar-refractivity contribution is 8.02. The predicted octanol–water partition coefficient (Wildman–Crippen LogP) is 6.34. The van der Waals surface area contributed by atoms with Gasteiger partial charge in [0, 0.05) is 33.4 Å². The highest BCUT2D eigenvalue weighted by Gasteiger charge is 2.38. The summed E-state index contributed by atoms with van der Waals surface area (Å²) in [4.78, 5) is 64.8. The van der Waals surface area contributed by atoms with E-state index < -0.39 is 29.7 Å². The lowest BCUT2D eigenvalue weighted by molar-refractivity contribution is -0.132. The van der Waals surface area contributed by atoms with E-state index >= 15 is 0 Å². The molecule has 9 nitrogen and oxygen atoms in total. The van der Waals surface area contributed by atoms with Crippen LogP contribution in [-0.2, 0) is 9.59 Å². The maximum atomic E-state index is 13.5. The molecule has 2 amide bonds. The number of rotatable bonds is 8.